The molecule has 1 unspecified atom stereocenters. The number of hydrogen-bond acceptors (Lipinski definition) is 4. The van der Waals surface area contributed by atoms with Crippen molar-refractivity contribution in [1.82, 2.24) is 9.80 Å². The molecule has 4 amide bonds. The van der Waals surface area contributed by atoms with Gasteiger partial charge in [0.15, 0.2) is 0 Å². The van der Waals surface area contributed by atoms with E-state index in [-0.39, 0.29) is 24.2 Å². The lowest BCUT2D eigenvalue weighted by Gasteiger charge is -2.36. The third-order valence-electron chi connectivity index (χ3n) is 5.83. The molecule has 4 rings (SSSR count). The summed E-state index contributed by atoms with van der Waals surface area (Å²) in [5.41, 5.74) is 1.45. The fourth-order valence-electron chi connectivity index (χ4n) is 4.06. The smallest absolute Gasteiger partial charge is 0.350 e. The van der Waals surface area contributed by atoms with Crippen LogP contribution in [-0.4, -0.2) is 66.1 Å². The third kappa shape index (κ3) is 4.73. The number of amides is 4. The largest absolute Gasteiger partial charge is 0.368 e. The van der Waals surface area contributed by atoms with Gasteiger partial charge in [0.2, 0.25) is 11.8 Å². The van der Waals surface area contributed by atoms with Crippen molar-refractivity contribution in [3.05, 3.63) is 54.4 Å². The van der Waals surface area contributed by atoms with Gasteiger partial charge < -0.3 is 9.80 Å². The van der Waals surface area contributed by atoms with E-state index in [0.717, 1.165) is 5.69 Å². The molecule has 0 saturated carbocycles. The van der Waals surface area contributed by atoms with Crippen LogP contribution in [0.4, 0.5) is 14.9 Å². The highest BCUT2D eigenvalue weighted by molar-refractivity contribution is 6.21. The predicted octanol–water partition coefficient (Wildman–Crippen LogP) is 2.79. The number of anilines is 1. The lowest BCUT2D eigenvalue weighted by Crippen LogP contribution is -2.48. The second-order valence-electron chi connectivity index (χ2n) is 7.83. The first-order valence-corrected chi connectivity index (χ1v) is 10.6. The Morgan fingerprint density at radius 2 is 1.77 bits per heavy atom. The molecule has 162 valence electrons. The molecular formula is C23H25FN4O3. The summed E-state index contributed by atoms with van der Waals surface area (Å²) in [5, 5.41) is 0. The van der Waals surface area contributed by atoms with Crippen molar-refractivity contribution in [2.24, 2.45) is 10.9 Å². The molecule has 0 N–H and O–H groups in total. The van der Waals surface area contributed by atoms with Gasteiger partial charge in [-0.3, -0.25) is 14.5 Å². The van der Waals surface area contributed by atoms with Gasteiger partial charge in [0.25, 0.3) is 0 Å². The number of halogens is 1. The number of rotatable bonds is 6. The molecule has 1 saturated heterocycles. The number of aliphatic imine (C=N–C) groups is 1. The molecule has 2 aliphatic heterocycles. The minimum atomic E-state index is -0.528. The Morgan fingerprint density at radius 3 is 2.52 bits per heavy atom. The first kappa shape index (κ1) is 21.0. The van der Waals surface area contributed by atoms with Crippen molar-refractivity contribution < 1.29 is 18.8 Å². The molecule has 1 aromatic carbocycles. The zero-order valence-corrected chi connectivity index (χ0v) is 17.2. The van der Waals surface area contributed by atoms with Gasteiger partial charge >= 0.3 is 6.03 Å². The fraction of sp³-hybridized carbons (Fsp3) is 0.391. The first-order valence-electron chi connectivity index (χ1n) is 10.6. The summed E-state index contributed by atoms with van der Waals surface area (Å²) < 4.78 is 13.1. The van der Waals surface area contributed by atoms with Crippen molar-refractivity contribution in [2.75, 3.05) is 37.6 Å². The molecule has 3 aliphatic rings. The molecule has 0 spiro atoms. The van der Waals surface area contributed by atoms with Gasteiger partial charge in [-0.2, -0.15) is 4.99 Å². The summed E-state index contributed by atoms with van der Waals surface area (Å²) in [6.07, 6.45) is 8.52. The summed E-state index contributed by atoms with van der Waals surface area (Å²) >= 11 is 0. The molecule has 31 heavy (non-hydrogen) atoms. The molecule has 0 radical (unpaired) electrons. The van der Waals surface area contributed by atoms with Gasteiger partial charge in [-0.25, -0.2) is 9.18 Å². The van der Waals surface area contributed by atoms with Gasteiger partial charge in [0, 0.05) is 44.8 Å². The molecule has 8 heteroatoms. The van der Waals surface area contributed by atoms with Crippen molar-refractivity contribution in [3.8, 4) is 0 Å². The molecule has 0 bridgehead atoms. The summed E-state index contributed by atoms with van der Waals surface area (Å²) in [5.74, 6) is -0.916. The van der Waals surface area contributed by atoms with E-state index in [1.165, 1.54) is 17.0 Å². The summed E-state index contributed by atoms with van der Waals surface area (Å²) in [6, 6.07) is 5.86. The van der Waals surface area contributed by atoms with Crippen LogP contribution in [0.5, 0.6) is 0 Å². The van der Waals surface area contributed by atoms with Crippen molar-refractivity contribution >= 4 is 29.2 Å². The van der Waals surface area contributed by atoms with Crippen molar-refractivity contribution in [1.29, 1.82) is 0 Å². The number of allylic oxidation sites excluding steroid dienone is 3. The molecule has 1 aliphatic carbocycles. The minimum Gasteiger partial charge on any atom is -0.368 e. The Hall–Kier alpha value is -3.29. The van der Waals surface area contributed by atoms with E-state index in [1.54, 1.807) is 36.4 Å². The number of benzene rings is 1. The van der Waals surface area contributed by atoms with Crippen LogP contribution in [0.1, 0.15) is 19.3 Å². The average molecular weight is 424 g/mol. The van der Waals surface area contributed by atoms with Crippen LogP contribution < -0.4 is 4.90 Å². The van der Waals surface area contributed by atoms with Gasteiger partial charge in [0.05, 0.1) is 11.6 Å². The molecule has 2 heterocycles. The zero-order valence-electron chi connectivity index (χ0n) is 17.2. The van der Waals surface area contributed by atoms with E-state index in [1.807, 2.05) is 4.90 Å². The molecular weight excluding hydrogens is 399 g/mol. The van der Waals surface area contributed by atoms with Crippen LogP contribution in [0.3, 0.4) is 0 Å². The molecule has 1 aromatic rings. The highest BCUT2D eigenvalue weighted by Gasteiger charge is 2.35. The highest BCUT2D eigenvalue weighted by atomic mass is 19.1. The van der Waals surface area contributed by atoms with E-state index in [4.69, 9.17) is 0 Å². The topological polar surface area (TPSA) is 73.3 Å². The molecule has 0 aromatic heterocycles. The van der Waals surface area contributed by atoms with Crippen LogP contribution in [0, 0.1) is 11.7 Å². The number of fused-ring (bicyclic) bond motifs is 1. The van der Waals surface area contributed by atoms with Crippen LogP contribution in [-0.2, 0) is 9.59 Å². The Balaban J connectivity index is 1.20. The van der Waals surface area contributed by atoms with E-state index in [0.29, 0.717) is 51.2 Å². The number of unbranched alkanes of at least 4 members (excludes halogenated alkanes) is 1. The number of piperazine rings is 1. The standard InChI is InChI=1S/C23H25FN4O3/c24-17-8-10-18(11-9-17)26-13-15-27(16-14-26)21(29)7-3-4-12-28-22(30)19-5-1-2-6-20(19)25-23(28)31/h1-2,5-6,8-11,19H,3-4,7,12-16H2. The van der Waals surface area contributed by atoms with Crippen molar-refractivity contribution in [2.45, 2.75) is 19.3 Å². The lowest BCUT2D eigenvalue weighted by molar-refractivity contribution is -0.131. The first-order chi connectivity index (χ1) is 15.0. The van der Waals surface area contributed by atoms with Crippen LogP contribution in [0.2, 0.25) is 0 Å². The normalized spacial score (nSPS) is 20.7. The number of imide groups is 1. The van der Waals surface area contributed by atoms with E-state index < -0.39 is 11.9 Å². The number of carbonyl (C=O) groups is 3. The Morgan fingerprint density at radius 1 is 1.03 bits per heavy atom. The van der Waals surface area contributed by atoms with E-state index >= 15 is 0 Å². The number of urea groups is 1. The Bertz CT molecular complexity index is 946. The number of carbonyl (C=O) groups excluding carboxylic acids is 3. The summed E-state index contributed by atoms with van der Waals surface area (Å²) in [7, 11) is 0. The van der Waals surface area contributed by atoms with Crippen molar-refractivity contribution in [3.63, 3.8) is 0 Å². The number of hydrogen-bond donors (Lipinski definition) is 0. The maximum atomic E-state index is 13.1. The van der Waals surface area contributed by atoms with Gasteiger partial charge in [-0.15, -0.1) is 0 Å². The quantitative estimate of drug-likeness (QED) is 0.659. The van der Waals surface area contributed by atoms with Crippen LogP contribution >= 0.6 is 0 Å². The molecule has 1 fully saturated rings. The average Bonchev–Trinajstić information content (AvgIpc) is 2.79. The van der Waals surface area contributed by atoms with Crippen LogP contribution in [0.25, 0.3) is 0 Å². The highest BCUT2D eigenvalue weighted by Crippen LogP contribution is 2.21. The fourth-order valence-corrected chi connectivity index (χ4v) is 4.06. The van der Waals surface area contributed by atoms with E-state index in [2.05, 4.69) is 9.89 Å². The van der Waals surface area contributed by atoms with Gasteiger partial charge in [0.1, 0.15) is 5.82 Å². The van der Waals surface area contributed by atoms with Crippen LogP contribution in [0.15, 0.2) is 53.6 Å². The summed E-state index contributed by atoms with van der Waals surface area (Å²) in [6.45, 7) is 2.93. The zero-order chi connectivity index (χ0) is 21.8. The molecule has 1 atom stereocenters. The predicted molar refractivity (Wildman–Crippen MR) is 115 cm³/mol. The number of nitrogens with zero attached hydrogens (tertiary/aromatic N) is 4. The van der Waals surface area contributed by atoms with Gasteiger partial charge in [-0.05, 0) is 43.2 Å². The third-order valence-corrected chi connectivity index (χ3v) is 5.83. The maximum absolute atomic E-state index is 13.1. The Labute approximate surface area is 180 Å². The Kier molecular flexibility index (Phi) is 6.25. The monoisotopic (exact) mass is 424 g/mol. The second-order valence-corrected chi connectivity index (χ2v) is 7.83. The SMILES string of the molecule is O=C(CCCCN1C(=O)N=C2C=CC=CC2C1=O)N1CCN(c2ccc(F)cc2)CC1. The van der Waals surface area contributed by atoms with Gasteiger partial charge in [-0.1, -0.05) is 18.2 Å². The maximum Gasteiger partial charge on any atom is 0.350 e. The minimum absolute atomic E-state index is 0.0794. The summed E-state index contributed by atoms with van der Waals surface area (Å²) in [4.78, 5) is 46.4. The second kappa shape index (κ2) is 9.24. The molecule has 7 nitrogen and oxygen atoms in total. The van der Waals surface area contributed by atoms with E-state index in [9.17, 15) is 18.8 Å². The lowest BCUT2D eigenvalue weighted by atomic mass is 9.95.